The van der Waals surface area contributed by atoms with E-state index in [1.165, 1.54) is 6.08 Å². The zero-order valence-electron chi connectivity index (χ0n) is 9.44. The smallest absolute Gasteiger partial charge is 0.284 e. The van der Waals surface area contributed by atoms with Crippen molar-refractivity contribution >= 4 is 5.71 Å². The van der Waals surface area contributed by atoms with Crippen LogP contribution >= 0.6 is 0 Å². The second-order valence-corrected chi connectivity index (χ2v) is 4.22. The van der Waals surface area contributed by atoms with Crippen molar-refractivity contribution in [1.29, 1.82) is 0 Å². The lowest BCUT2D eigenvalue weighted by atomic mass is 9.87. The number of aliphatic imine (C=N–C) groups is 1. The molecule has 0 radical (unpaired) electrons. The molecule has 0 amide bonds. The first-order chi connectivity index (χ1) is 6.59. The van der Waals surface area contributed by atoms with E-state index in [1.54, 1.807) is 0 Å². The summed E-state index contributed by atoms with van der Waals surface area (Å²) in [5.74, 6) is 0. The first-order valence-electron chi connectivity index (χ1n) is 4.50. The highest BCUT2D eigenvalue weighted by atomic mass is 19.4. The molecule has 0 N–H and O–H groups in total. The van der Waals surface area contributed by atoms with Crippen molar-refractivity contribution in [3.05, 3.63) is 24.3 Å². The molecule has 0 heterocycles. The van der Waals surface area contributed by atoms with E-state index in [9.17, 15) is 13.2 Å². The van der Waals surface area contributed by atoms with Crippen molar-refractivity contribution in [2.24, 2.45) is 10.4 Å². The molecule has 0 fully saturated rings. The molecule has 0 unspecified atom stereocenters. The minimum atomic E-state index is -4.40. The summed E-state index contributed by atoms with van der Waals surface area (Å²) in [7, 11) is 1.12. The van der Waals surface area contributed by atoms with Gasteiger partial charge in [-0.2, -0.15) is 13.2 Å². The van der Waals surface area contributed by atoms with Gasteiger partial charge in [-0.25, -0.2) is 0 Å². The van der Waals surface area contributed by atoms with Crippen LogP contribution < -0.4 is 0 Å². The van der Waals surface area contributed by atoms with E-state index >= 15 is 0 Å². The summed E-state index contributed by atoms with van der Waals surface area (Å²) in [4.78, 5) is 3.18. The van der Waals surface area contributed by atoms with Crippen LogP contribution in [0.25, 0.3) is 0 Å². The minimum Gasteiger partial charge on any atom is -0.284 e. The van der Waals surface area contributed by atoms with Crippen LogP contribution in [-0.2, 0) is 0 Å². The Balaban J connectivity index is 4.75. The zero-order valence-corrected chi connectivity index (χ0v) is 9.44. The number of nitrogens with zero attached hydrogens (tertiary/aromatic N) is 1. The lowest BCUT2D eigenvalue weighted by molar-refractivity contribution is -0.0577. The Kier molecular flexibility index (Phi) is 4.31. The number of rotatable bonds is 2. The molecule has 0 aliphatic heterocycles. The van der Waals surface area contributed by atoms with Crippen molar-refractivity contribution in [3.63, 3.8) is 0 Å². The molecule has 0 rings (SSSR count). The van der Waals surface area contributed by atoms with Gasteiger partial charge in [0.25, 0.3) is 0 Å². The van der Waals surface area contributed by atoms with Crippen LogP contribution in [0.1, 0.15) is 20.8 Å². The third kappa shape index (κ3) is 4.81. The van der Waals surface area contributed by atoms with Gasteiger partial charge in [-0.3, -0.25) is 4.99 Å². The van der Waals surface area contributed by atoms with E-state index in [4.69, 9.17) is 0 Å². The summed E-state index contributed by atoms with van der Waals surface area (Å²) < 4.78 is 36.8. The SMILES string of the molecule is C=C(/C=C\C(=NC)C(F)(F)F)C(C)(C)C. The highest BCUT2D eigenvalue weighted by Gasteiger charge is 2.33. The Morgan fingerprint density at radius 1 is 1.13 bits per heavy atom. The van der Waals surface area contributed by atoms with Gasteiger partial charge in [0.15, 0.2) is 0 Å². The maximum Gasteiger partial charge on any atom is 0.432 e. The Morgan fingerprint density at radius 3 is 1.87 bits per heavy atom. The monoisotopic (exact) mass is 219 g/mol. The second-order valence-electron chi connectivity index (χ2n) is 4.22. The lowest BCUT2D eigenvalue weighted by Gasteiger charge is -2.18. The number of allylic oxidation sites excluding steroid dienone is 3. The fourth-order valence-corrected chi connectivity index (χ4v) is 0.725. The van der Waals surface area contributed by atoms with Crippen molar-refractivity contribution < 1.29 is 13.2 Å². The molecular formula is C11H16F3N. The number of hydrogen-bond donors (Lipinski definition) is 0. The van der Waals surface area contributed by atoms with Crippen LogP contribution in [0.4, 0.5) is 13.2 Å². The van der Waals surface area contributed by atoms with Crippen LogP contribution in [0.2, 0.25) is 0 Å². The molecule has 0 atom stereocenters. The van der Waals surface area contributed by atoms with Gasteiger partial charge in [-0.15, -0.1) is 0 Å². The quantitative estimate of drug-likeness (QED) is 0.495. The highest BCUT2D eigenvalue weighted by molar-refractivity contribution is 5.99. The zero-order chi connectivity index (χ0) is 12.3. The van der Waals surface area contributed by atoms with Gasteiger partial charge in [0.1, 0.15) is 5.71 Å². The van der Waals surface area contributed by atoms with Gasteiger partial charge in [0, 0.05) is 7.05 Å². The third-order valence-corrected chi connectivity index (χ3v) is 1.94. The van der Waals surface area contributed by atoms with Gasteiger partial charge < -0.3 is 0 Å². The van der Waals surface area contributed by atoms with Gasteiger partial charge in [0.2, 0.25) is 0 Å². The van der Waals surface area contributed by atoms with Gasteiger partial charge in [-0.1, -0.05) is 33.4 Å². The van der Waals surface area contributed by atoms with Crippen LogP contribution in [-0.4, -0.2) is 18.9 Å². The van der Waals surface area contributed by atoms with E-state index in [2.05, 4.69) is 11.6 Å². The normalized spacial score (nSPS) is 14.7. The third-order valence-electron chi connectivity index (χ3n) is 1.94. The van der Waals surface area contributed by atoms with E-state index < -0.39 is 11.9 Å². The van der Waals surface area contributed by atoms with Crippen molar-refractivity contribution in [2.75, 3.05) is 7.05 Å². The van der Waals surface area contributed by atoms with Gasteiger partial charge in [-0.05, 0) is 17.1 Å². The largest absolute Gasteiger partial charge is 0.432 e. The van der Waals surface area contributed by atoms with Crippen molar-refractivity contribution in [3.8, 4) is 0 Å². The van der Waals surface area contributed by atoms with Crippen LogP contribution in [0.15, 0.2) is 29.3 Å². The molecule has 0 aromatic heterocycles. The van der Waals surface area contributed by atoms with Gasteiger partial charge >= 0.3 is 6.18 Å². The molecule has 0 bridgehead atoms. The van der Waals surface area contributed by atoms with Crippen LogP contribution in [0.3, 0.4) is 0 Å². The second kappa shape index (κ2) is 4.64. The number of alkyl halides is 3. The Labute approximate surface area is 88.4 Å². The Morgan fingerprint density at radius 2 is 1.60 bits per heavy atom. The van der Waals surface area contributed by atoms with E-state index in [0.717, 1.165) is 13.1 Å². The molecule has 0 aliphatic rings. The van der Waals surface area contributed by atoms with E-state index in [-0.39, 0.29) is 5.41 Å². The summed E-state index contributed by atoms with van der Waals surface area (Å²) >= 11 is 0. The van der Waals surface area contributed by atoms with E-state index in [1.807, 2.05) is 20.8 Å². The fourth-order valence-electron chi connectivity index (χ4n) is 0.725. The molecular weight excluding hydrogens is 203 g/mol. The van der Waals surface area contributed by atoms with Crippen LogP contribution in [0, 0.1) is 5.41 Å². The summed E-state index contributed by atoms with van der Waals surface area (Å²) in [6.45, 7) is 9.36. The first-order valence-corrected chi connectivity index (χ1v) is 4.50. The average molecular weight is 219 g/mol. The summed E-state index contributed by atoms with van der Waals surface area (Å²) in [6, 6.07) is 0. The maximum atomic E-state index is 12.3. The van der Waals surface area contributed by atoms with E-state index in [0.29, 0.717) is 5.57 Å². The molecule has 1 nitrogen and oxygen atoms in total. The number of hydrogen-bond acceptors (Lipinski definition) is 1. The molecule has 0 aliphatic carbocycles. The standard InChI is InChI=1S/C11H16F3N/c1-8(10(2,3)4)6-7-9(15-5)11(12,13)14/h6-7H,1H2,2-5H3/b7-6-,15-9?. The number of halogens is 3. The minimum absolute atomic E-state index is 0.235. The van der Waals surface area contributed by atoms with Gasteiger partial charge in [0.05, 0.1) is 0 Å². The lowest BCUT2D eigenvalue weighted by Crippen LogP contribution is -2.20. The highest BCUT2D eigenvalue weighted by Crippen LogP contribution is 2.25. The predicted octanol–water partition coefficient (Wildman–Crippen LogP) is 3.78. The fraction of sp³-hybridized carbons (Fsp3) is 0.545. The Bertz CT molecular complexity index is 290. The first kappa shape index (κ1) is 13.9. The maximum absolute atomic E-state index is 12.3. The van der Waals surface area contributed by atoms with Crippen molar-refractivity contribution in [1.82, 2.24) is 0 Å². The average Bonchev–Trinajstić information content (AvgIpc) is 2.00. The van der Waals surface area contributed by atoms with Crippen LogP contribution in [0.5, 0.6) is 0 Å². The topological polar surface area (TPSA) is 12.4 Å². The molecule has 0 saturated carbocycles. The molecule has 0 aromatic rings. The molecule has 0 spiro atoms. The molecule has 0 aromatic carbocycles. The summed E-state index contributed by atoms with van der Waals surface area (Å²) in [5.41, 5.74) is -0.498. The molecule has 4 heteroatoms. The summed E-state index contributed by atoms with van der Waals surface area (Å²) in [6.07, 6.45) is -2.09. The molecule has 86 valence electrons. The predicted molar refractivity (Wildman–Crippen MR) is 57.1 cm³/mol. The molecule has 15 heavy (non-hydrogen) atoms. The summed E-state index contributed by atoms with van der Waals surface area (Å²) in [5, 5.41) is 0. The van der Waals surface area contributed by atoms with Crippen molar-refractivity contribution in [2.45, 2.75) is 26.9 Å². The Hall–Kier alpha value is -1.06. The molecule has 0 saturated heterocycles.